The zero-order valence-corrected chi connectivity index (χ0v) is 12.2. The van der Waals surface area contributed by atoms with Gasteiger partial charge in [0.25, 0.3) is 0 Å². The largest absolute Gasteiger partial charge is 0.392 e. The third-order valence-corrected chi connectivity index (χ3v) is 4.68. The van der Waals surface area contributed by atoms with Crippen LogP contribution in [0.3, 0.4) is 0 Å². The third kappa shape index (κ3) is 2.89. The second kappa shape index (κ2) is 5.62. The number of aromatic nitrogens is 2. The average molecular weight is 271 g/mol. The maximum absolute atomic E-state index is 10.4. The van der Waals surface area contributed by atoms with Gasteiger partial charge in [-0.2, -0.15) is 5.10 Å². The van der Waals surface area contributed by atoms with Crippen LogP contribution in [-0.4, -0.2) is 21.0 Å². The van der Waals surface area contributed by atoms with Crippen LogP contribution in [0.15, 0.2) is 0 Å². The van der Waals surface area contributed by atoms with Gasteiger partial charge < -0.3 is 5.11 Å². The Balaban J connectivity index is 2.04. The lowest BCUT2D eigenvalue weighted by atomic mass is 9.78. The Morgan fingerprint density at radius 3 is 2.78 bits per heavy atom. The van der Waals surface area contributed by atoms with E-state index in [2.05, 4.69) is 12.0 Å². The first-order valence-corrected chi connectivity index (χ1v) is 7.23. The summed E-state index contributed by atoms with van der Waals surface area (Å²) in [5.41, 5.74) is 1.94. The Morgan fingerprint density at radius 2 is 2.22 bits per heavy atom. The molecular weight excluding hydrogens is 248 g/mol. The minimum Gasteiger partial charge on any atom is -0.392 e. The van der Waals surface area contributed by atoms with E-state index in [-0.39, 0.29) is 6.10 Å². The highest BCUT2D eigenvalue weighted by Gasteiger charge is 2.27. The fraction of sp³-hybridized carbons (Fsp3) is 0.786. The van der Waals surface area contributed by atoms with E-state index in [4.69, 9.17) is 11.6 Å². The minimum absolute atomic E-state index is 0.284. The van der Waals surface area contributed by atoms with E-state index in [9.17, 15) is 5.11 Å². The van der Waals surface area contributed by atoms with E-state index in [1.807, 2.05) is 14.0 Å². The molecule has 1 fully saturated rings. The number of hydrogen-bond donors (Lipinski definition) is 1. The molecule has 102 valence electrons. The SMILES string of the molecule is Cc1nn(C)c(Cl)c1CC(O)C1CCCC(C)C1. The minimum atomic E-state index is -0.284. The van der Waals surface area contributed by atoms with Crippen molar-refractivity contribution >= 4 is 11.6 Å². The Morgan fingerprint density at radius 1 is 1.50 bits per heavy atom. The van der Waals surface area contributed by atoms with E-state index in [0.717, 1.165) is 30.0 Å². The summed E-state index contributed by atoms with van der Waals surface area (Å²) < 4.78 is 1.68. The molecule has 1 aromatic rings. The van der Waals surface area contributed by atoms with Gasteiger partial charge in [0.1, 0.15) is 5.15 Å². The molecule has 1 aliphatic carbocycles. The van der Waals surface area contributed by atoms with E-state index in [0.29, 0.717) is 17.5 Å². The first-order chi connectivity index (χ1) is 8.49. The highest BCUT2D eigenvalue weighted by molar-refractivity contribution is 6.30. The first-order valence-electron chi connectivity index (χ1n) is 6.85. The number of aliphatic hydroxyl groups is 1. The zero-order chi connectivity index (χ0) is 13.3. The molecule has 0 spiro atoms. The van der Waals surface area contributed by atoms with Gasteiger partial charge in [0.15, 0.2) is 0 Å². The molecule has 2 rings (SSSR count). The fourth-order valence-corrected chi connectivity index (χ4v) is 3.36. The molecule has 1 aliphatic rings. The highest BCUT2D eigenvalue weighted by atomic mass is 35.5. The molecule has 0 aromatic carbocycles. The van der Waals surface area contributed by atoms with Crippen LogP contribution in [0.25, 0.3) is 0 Å². The monoisotopic (exact) mass is 270 g/mol. The van der Waals surface area contributed by atoms with Gasteiger partial charge in [0, 0.05) is 19.0 Å². The molecule has 1 N–H and O–H groups in total. The number of hydrogen-bond acceptors (Lipinski definition) is 2. The van der Waals surface area contributed by atoms with Crippen molar-refractivity contribution in [2.75, 3.05) is 0 Å². The normalized spacial score (nSPS) is 26.3. The lowest BCUT2D eigenvalue weighted by Gasteiger charge is -2.30. The van der Waals surface area contributed by atoms with Crippen LogP contribution in [0.5, 0.6) is 0 Å². The standard InChI is InChI=1S/C14H23ClN2O/c1-9-5-4-6-11(7-9)13(18)8-12-10(2)16-17(3)14(12)15/h9,11,13,18H,4-8H2,1-3H3. The van der Waals surface area contributed by atoms with Crippen molar-refractivity contribution in [3.8, 4) is 0 Å². The Hall–Kier alpha value is -0.540. The molecule has 0 bridgehead atoms. The van der Waals surface area contributed by atoms with Gasteiger partial charge in [0.05, 0.1) is 11.8 Å². The van der Waals surface area contributed by atoms with E-state index in [1.54, 1.807) is 4.68 Å². The summed E-state index contributed by atoms with van der Waals surface area (Å²) in [7, 11) is 1.84. The van der Waals surface area contributed by atoms with Crippen molar-refractivity contribution in [1.82, 2.24) is 9.78 Å². The molecule has 1 aromatic heterocycles. The van der Waals surface area contributed by atoms with Crippen LogP contribution in [-0.2, 0) is 13.5 Å². The molecule has 3 atom stereocenters. The number of nitrogens with zero attached hydrogens (tertiary/aromatic N) is 2. The molecule has 4 heteroatoms. The molecule has 3 nitrogen and oxygen atoms in total. The quantitative estimate of drug-likeness (QED) is 0.916. The topological polar surface area (TPSA) is 38.0 Å². The van der Waals surface area contributed by atoms with Gasteiger partial charge in [-0.3, -0.25) is 4.68 Å². The van der Waals surface area contributed by atoms with E-state index in [1.165, 1.54) is 12.8 Å². The molecule has 1 heterocycles. The molecule has 0 radical (unpaired) electrons. The molecule has 0 amide bonds. The van der Waals surface area contributed by atoms with Gasteiger partial charge in [-0.25, -0.2) is 0 Å². The van der Waals surface area contributed by atoms with Crippen molar-refractivity contribution < 1.29 is 5.11 Å². The van der Waals surface area contributed by atoms with Crippen LogP contribution >= 0.6 is 11.6 Å². The maximum atomic E-state index is 10.4. The third-order valence-electron chi connectivity index (χ3n) is 4.20. The van der Waals surface area contributed by atoms with Gasteiger partial charge >= 0.3 is 0 Å². The Bertz CT molecular complexity index is 416. The predicted octanol–water partition coefficient (Wildman–Crippen LogP) is 3.11. The van der Waals surface area contributed by atoms with E-state index >= 15 is 0 Å². The smallest absolute Gasteiger partial charge is 0.130 e. The highest BCUT2D eigenvalue weighted by Crippen LogP contribution is 2.33. The number of halogens is 1. The van der Waals surface area contributed by atoms with Crippen LogP contribution in [0.4, 0.5) is 0 Å². The summed E-state index contributed by atoms with van der Waals surface area (Å²) in [5, 5.41) is 15.4. The summed E-state index contributed by atoms with van der Waals surface area (Å²) in [6.45, 7) is 4.23. The lowest BCUT2D eigenvalue weighted by Crippen LogP contribution is -2.27. The van der Waals surface area contributed by atoms with Gasteiger partial charge in [-0.15, -0.1) is 0 Å². The fourth-order valence-electron chi connectivity index (χ4n) is 3.11. The summed E-state index contributed by atoms with van der Waals surface area (Å²) in [4.78, 5) is 0. The molecule has 1 saturated carbocycles. The Labute approximate surface area is 114 Å². The molecule has 0 saturated heterocycles. The molecule has 0 aliphatic heterocycles. The van der Waals surface area contributed by atoms with Gasteiger partial charge in [-0.05, 0) is 31.6 Å². The van der Waals surface area contributed by atoms with Crippen molar-refractivity contribution in [2.24, 2.45) is 18.9 Å². The molecule has 18 heavy (non-hydrogen) atoms. The summed E-state index contributed by atoms with van der Waals surface area (Å²) in [5.74, 6) is 1.16. The summed E-state index contributed by atoms with van der Waals surface area (Å²) in [6, 6.07) is 0. The van der Waals surface area contributed by atoms with Gasteiger partial charge in [0.2, 0.25) is 0 Å². The zero-order valence-electron chi connectivity index (χ0n) is 11.5. The molecule has 3 unspecified atom stereocenters. The average Bonchev–Trinajstić information content (AvgIpc) is 2.56. The van der Waals surface area contributed by atoms with Crippen LogP contribution in [0.1, 0.15) is 43.9 Å². The van der Waals surface area contributed by atoms with Crippen molar-refractivity contribution in [1.29, 1.82) is 0 Å². The number of rotatable bonds is 3. The first kappa shape index (κ1) is 13.9. The maximum Gasteiger partial charge on any atom is 0.130 e. The molecular formula is C14H23ClN2O. The van der Waals surface area contributed by atoms with Crippen molar-refractivity contribution in [3.05, 3.63) is 16.4 Å². The van der Waals surface area contributed by atoms with Crippen LogP contribution < -0.4 is 0 Å². The van der Waals surface area contributed by atoms with Crippen molar-refractivity contribution in [2.45, 2.75) is 52.1 Å². The van der Waals surface area contributed by atoms with Crippen LogP contribution in [0, 0.1) is 18.8 Å². The lowest BCUT2D eigenvalue weighted by molar-refractivity contribution is 0.0719. The predicted molar refractivity (Wildman–Crippen MR) is 73.8 cm³/mol. The number of aliphatic hydroxyl groups excluding tert-OH is 1. The summed E-state index contributed by atoms with van der Waals surface area (Å²) in [6.07, 6.45) is 5.17. The van der Waals surface area contributed by atoms with Crippen molar-refractivity contribution in [3.63, 3.8) is 0 Å². The number of aryl methyl sites for hydroxylation is 2. The second-order valence-corrected chi connectivity index (χ2v) is 6.14. The summed E-state index contributed by atoms with van der Waals surface area (Å²) >= 11 is 6.22. The van der Waals surface area contributed by atoms with Crippen LogP contribution in [0.2, 0.25) is 5.15 Å². The Kier molecular flexibility index (Phi) is 4.33. The van der Waals surface area contributed by atoms with Gasteiger partial charge in [-0.1, -0.05) is 31.4 Å². The van der Waals surface area contributed by atoms with E-state index < -0.39 is 0 Å². The second-order valence-electron chi connectivity index (χ2n) is 5.78.